The fourth-order valence-electron chi connectivity index (χ4n) is 3.84. The number of nitrogens with one attached hydrogen (secondary N) is 1. The number of aromatic hydroxyl groups is 2. The van der Waals surface area contributed by atoms with Crippen molar-refractivity contribution in [1.82, 2.24) is 4.98 Å². The Morgan fingerprint density at radius 2 is 1.52 bits per heavy atom. The maximum absolute atomic E-state index is 12.6. The molecule has 2 heterocycles. The van der Waals surface area contributed by atoms with Gasteiger partial charge in [-0.2, -0.15) is 0 Å². The van der Waals surface area contributed by atoms with Crippen LogP contribution in [0.5, 0.6) is 11.5 Å². The van der Waals surface area contributed by atoms with E-state index in [4.69, 9.17) is 0 Å². The quantitative estimate of drug-likeness (QED) is 0.317. The number of aromatic nitrogens is 1. The molecule has 0 aliphatic heterocycles. The largest absolute Gasteiger partial charge is 0.507 e. The second-order valence-corrected chi connectivity index (χ2v) is 8.37. The summed E-state index contributed by atoms with van der Waals surface area (Å²) in [6.45, 7) is 2.02. The second-order valence-electron chi connectivity index (χ2n) is 7.50. The third-order valence-corrected chi connectivity index (χ3v) is 6.35. The number of benzene rings is 3. The maximum Gasteiger partial charge on any atom is 0.260 e. The van der Waals surface area contributed by atoms with Gasteiger partial charge in [-0.25, -0.2) is 0 Å². The van der Waals surface area contributed by atoms with Crippen molar-refractivity contribution in [2.24, 2.45) is 0 Å². The molecule has 0 aliphatic carbocycles. The molecule has 5 heteroatoms. The number of pyridine rings is 1. The highest BCUT2D eigenvalue weighted by Crippen LogP contribution is 2.43. The van der Waals surface area contributed by atoms with Gasteiger partial charge in [0.15, 0.2) is 0 Å². The Bertz CT molecular complexity index is 1470. The van der Waals surface area contributed by atoms with Gasteiger partial charge in [-0.1, -0.05) is 72.3 Å². The first-order valence-corrected chi connectivity index (χ1v) is 10.7. The van der Waals surface area contributed by atoms with Gasteiger partial charge in [0.25, 0.3) is 5.56 Å². The zero-order valence-electron chi connectivity index (χ0n) is 16.7. The molecule has 0 atom stereocenters. The molecule has 5 rings (SSSR count). The van der Waals surface area contributed by atoms with Crippen LogP contribution in [0.15, 0.2) is 83.0 Å². The van der Waals surface area contributed by atoms with Gasteiger partial charge in [0.05, 0.1) is 10.9 Å². The van der Waals surface area contributed by atoms with Crippen LogP contribution in [0.3, 0.4) is 0 Å². The monoisotopic (exact) mass is 425 g/mol. The van der Waals surface area contributed by atoms with Crippen LogP contribution in [0.4, 0.5) is 0 Å². The van der Waals surface area contributed by atoms with Gasteiger partial charge in [0.2, 0.25) is 0 Å². The third kappa shape index (κ3) is 3.29. The van der Waals surface area contributed by atoms with Crippen molar-refractivity contribution in [2.75, 3.05) is 0 Å². The van der Waals surface area contributed by atoms with Crippen LogP contribution in [0.25, 0.3) is 43.6 Å². The Labute approximate surface area is 182 Å². The van der Waals surface area contributed by atoms with E-state index in [9.17, 15) is 15.0 Å². The Kier molecular flexibility index (Phi) is 4.60. The van der Waals surface area contributed by atoms with Crippen LogP contribution in [0.2, 0.25) is 0 Å². The summed E-state index contributed by atoms with van der Waals surface area (Å²) in [6, 6.07) is 22.6. The van der Waals surface area contributed by atoms with Gasteiger partial charge in [-0.05, 0) is 29.7 Å². The summed E-state index contributed by atoms with van der Waals surface area (Å²) in [5.74, 6) is 0.108. The molecule has 0 bridgehead atoms. The number of phenolic OH excluding ortho intramolecular Hbond substituents is 1. The molecule has 152 valence electrons. The first-order valence-electron chi connectivity index (χ1n) is 9.85. The number of hydrogen-bond acceptors (Lipinski definition) is 4. The Morgan fingerprint density at radius 1 is 0.806 bits per heavy atom. The highest BCUT2D eigenvalue weighted by molar-refractivity contribution is 7.17. The fraction of sp³-hybridized carbons (Fsp3) is 0.0385. The molecule has 0 aliphatic rings. The van der Waals surface area contributed by atoms with Crippen molar-refractivity contribution in [3.63, 3.8) is 0 Å². The predicted molar refractivity (Wildman–Crippen MR) is 127 cm³/mol. The summed E-state index contributed by atoms with van der Waals surface area (Å²) in [5, 5.41) is 24.2. The standard InChI is InChI=1S/C26H19NO3S/c1-15-7-9-16(10-8-15)19-12-11-18(13-21(19)28)20-14-31-26-23(20)24(29)22(25(30)27-26)17-5-3-2-4-6-17/h2-14,28H,1H3,(H2,27,29,30). The van der Waals surface area contributed by atoms with E-state index in [0.717, 1.165) is 27.8 Å². The summed E-state index contributed by atoms with van der Waals surface area (Å²) < 4.78 is 0. The highest BCUT2D eigenvalue weighted by Gasteiger charge is 2.19. The topological polar surface area (TPSA) is 73.3 Å². The molecule has 5 aromatic rings. The Hall–Kier alpha value is -3.83. The van der Waals surface area contributed by atoms with Crippen LogP contribution in [0.1, 0.15) is 5.56 Å². The van der Waals surface area contributed by atoms with Crippen molar-refractivity contribution < 1.29 is 10.2 Å². The first kappa shape index (κ1) is 19.2. The number of phenols is 1. The molecule has 0 saturated carbocycles. The molecule has 0 saturated heterocycles. The third-order valence-electron chi connectivity index (χ3n) is 5.45. The van der Waals surface area contributed by atoms with E-state index in [-0.39, 0.29) is 22.6 Å². The van der Waals surface area contributed by atoms with E-state index in [1.165, 1.54) is 11.3 Å². The van der Waals surface area contributed by atoms with Crippen LogP contribution < -0.4 is 5.56 Å². The van der Waals surface area contributed by atoms with Gasteiger partial charge in [0.1, 0.15) is 16.3 Å². The molecule has 0 unspecified atom stereocenters. The lowest BCUT2D eigenvalue weighted by Crippen LogP contribution is -2.08. The molecule has 2 aromatic heterocycles. The van der Waals surface area contributed by atoms with Gasteiger partial charge in [-0.15, -0.1) is 11.3 Å². The SMILES string of the molecule is Cc1ccc(-c2ccc(-c3csc4[nH]c(=O)c(-c5ccccc5)c(O)c34)cc2O)cc1. The summed E-state index contributed by atoms with van der Waals surface area (Å²) in [7, 11) is 0. The van der Waals surface area contributed by atoms with Gasteiger partial charge in [0, 0.05) is 16.5 Å². The zero-order valence-corrected chi connectivity index (χ0v) is 17.5. The van der Waals surface area contributed by atoms with Gasteiger partial charge < -0.3 is 15.2 Å². The summed E-state index contributed by atoms with van der Waals surface area (Å²) in [4.78, 5) is 16.1. The highest BCUT2D eigenvalue weighted by atomic mass is 32.1. The summed E-state index contributed by atoms with van der Waals surface area (Å²) >= 11 is 1.35. The Balaban J connectivity index is 1.67. The molecule has 0 fully saturated rings. The van der Waals surface area contributed by atoms with Crippen molar-refractivity contribution in [2.45, 2.75) is 6.92 Å². The van der Waals surface area contributed by atoms with Gasteiger partial charge in [-0.3, -0.25) is 4.79 Å². The van der Waals surface area contributed by atoms with E-state index >= 15 is 0 Å². The molecule has 0 amide bonds. The molecule has 3 aromatic carbocycles. The van der Waals surface area contributed by atoms with Crippen LogP contribution in [-0.4, -0.2) is 15.2 Å². The summed E-state index contributed by atoms with van der Waals surface area (Å²) in [5.41, 5.74) is 4.92. The molecule has 0 spiro atoms. The number of hydrogen-bond donors (Lipinski definition) is 3. The van der Waals surface area contributed by atoms with E-state index in [1.54, 1.807) is 18.2 Å². The van der Waals surface area contributed by atoms with E-state index in [2.05, 4.69) is 4.98 Å². The van der Waals surface area contributed by atoms with Crippen molar-refractivity contribution in [3.8, 4) is 44.9 Å². The summed E-state index contributed by atoms with van der Waals surface area (Å²) in [6.07, 6.45) is 0. The average molecular weight is 426 g/mol. The zero-order chi connectivity index (χ0) is 21.5. The van der Waals surface area contributed by atoms with Crippen molar-refractivity contribution >= 4 is 21.6 Å². The molecule has 3 N–H and O–H groups in total. The van der Waals surface area contributed by atoms with E-state index < -0.39 is 0 Å². The minimum Gasteiger partial charge on any atom is -0.507 e. The average Bonchev–Trinajstić information content (AvgIpc) is 3.19. The van der Waals surface area contributed by atoms with Gasteiger partial charge >= 0.3 is 0 Å². The number of rotatable bonds is 3. The lowest BCUT2D eigenvalue weighted by atomic mass is 9.97. The molecule has 0 radical (unpaired) electrons. The minimum absolute atomic E-state index is 0.0525. The fourth-order valence-corrected chi connectivity index (χ4v) is 4.81. The number of fused-ring (bicyclic) bond motifs is 1. The lowest BCUT2D eigenvalue weighted by molar-refractivity contribution is 0.477. The molecule has 31 heavy (non-hydrogen) atoms. The van der Waals surface area contributed by atoms with Crippen LogP contribution >= 0.6 is 11.3 Å². The van der Waals surface area contributed by atoms with E-state index in [1.807, 2.05) is 66.9 Å². The molecule has 4 nitrogen and oxygen atoms in total. The van der Waals surface area contributed by atoms with Crippen LogP contribution in [0, 0.1) is 6.92 Å². The smallest absolute Gasteiger partial charge is 0.260 e. The normalized spacial score (nSPS) is 11.1. The molecular weight excluding hydrogens is 406 g/mol. The molecular formula is C26H19NO3S. The first-order chi connectivity index (χ1) is 15.0. The van der Waals surface area contributed by atoms with Crippen LogP contribution in [-0.2, 0) is 0 Å². The number of H-pyrrole nitrogens is 1. The number of aryl methyl sites for hydroxylation is 1. The lowest BCUT2D eigenvalue weighted by Gasteiger charge is -2.10. The van der Waals surface area contributed by atoms with Crippen molar-refractivity contribution in [3.05, 3.63) is 94.1 Å². The Morgan fingerprint density at radius 3 is 2.23 bits per heavy atom. The predicted octanol–water partition coefficient (Wildman–Crippen LogP) is 6.31. The maximum atomic E-state index is 12.6. The number of aromatic amines is 1. The van der Waals surface area contributed by atoms with Crippen molar-refractivity contribution in [1.29, 1.82) is 0 Å². The number of thiophene rings is 1. The van der Waals surface area contributed by atoms with E-state index in [0.29, 0.717) is 15.8 Å². The second kappa shape index (κ2) is 7.45. The minimum atomic E-state index is -0.331.